The molecule has 0 aliphatic carbocycles. The van der Waals surface area contributed by atoms with Crippen LogP contribution in [0, 0.1) is 5.82 Å². The van der Waals surface area contributed by atoms with Gasteiger partial charge in [0.25, 0.3) is 0 Å². The van der Waals surface area contributed by atoms with E-state index in [1.165, 1.54) is 12.1 Å². The van der Waals surface area contributed by atoms with Gasteiger partial charge in [0, 0.05) is 17.8 Å². The fourth-order valence-corrected chi connectivity index (χ4v) is 1.86. The molecule has 4 heteroatoms. The first-order valence-corrected chi connectivity index (χ1v) is 6.59. The van der Waals surface area contributed by atoms with Crippen LogP contribution in [0.5, 0.6) is 5.75 Å². The molecule has 0 fully saturated rings. The Labute approximate surface area is 122 Å². The van der Waals surface area contributed by atoms with Crippen molar-refractivity contribution >= 4 is 17.3 Å². The Bertz CT molecular complexity index is 601. The summed E-state index contributed by atoms with van der Waals surface area (Å²) in [5.41, 5.74) is 1.66. The molecule has 0 aliphatic heterocycles. The van der Waals surface area contributed by atoms with Gasteiger partial charge in [0.15, 0.2) is 0 Å². The molecule has 0 saturated carbocycles. The van der Waals surface area contributed by atoms with E-state index in [0.29, 0.717) is 18.8 Å². The molecule has 1 N–H and O–H groups in total. The Morgan fingerprint density at radius 3 is 2.80 bits per heavy atom. The minimum absolute atomic E-state index is 0.116. The van der Waals surface area contributed by atoms with E-state index in [4.69, 9.17) is 16.3 Å². The molecule has 0 spiro atoms. The molecule has 0 aliphatic rings. The van der Waals surface area contributed by atoms with Gasteiger partial charge in [0.05, 0.1) is 5.02 Å². The Hall–Kier alpha value is -2.00. The van der Waals surface area contributed by atoms with Crippen LogP contribution in [0.1, 0.15) is 5.56 Å². The predicted molar refractivity (Wildman–Crippen MR) is 80.9 cm³/mol. The largest absolute Gasteiger partial charge is 0.489 e. The maximum absolute atomic E-state index is 13.3. The Morgan fingerprint density at radius 2 is 2.05 bits per heavy atom. The van der Waals surface area contributed by atoms with Gasteiger partial charge in [-0.25, -0.2) is 4.39 Å². The lowest BCUT2D eigenvalue weighted by Crippen LogP contribution is -2.03. The maximum Gasteiger partial charge on any atom is 0.143 e. The second-order valence-electron chi connectivity index (χ2n) is 4.19. The SMILES string of the molecule is C=CCOc1ccccc1CNc1ccc(Cl)c(F)c1. The summed E-state index contributed by atoms with van der Waals surface area (Å²) in [4.78, 5) is 0. The van der Waals surface area contributed by atoms with Gasteiger partial charge in [0.1, 0.15) is 18.2 Å². The molecule has 104 valence electrons. The van der Waals surface area contributed by atoms with Crippen LogP contribution in [0.25, 0.3) is 0 Å². The molecule has 20 heavy (non-hydrogen) atoms. The van der Waals surface area contributed by atoms with E-state index in [0.717, 1.165) is 11.3 Å². The maximum atomic E-state index is 13.3. The molecule has 0 aromatic heterocycles. The molecule has 2 aromatic rings. The second kappa shape index (κ2) is 6.96. The normalized spacial score (nSPS) is 10.1. The van der Waals surface area contributed by atoms with E-state index in [-0.39, 0.29) is 5.02 Å². The van der Waals surface area contributed by atoms with Gasteiger partial charge in [-0.15, -0.1) is 0 Å². The molecular weight excluding hydrogens is 277 g/mol. The van der Waals surface area contributed by atoms with Crippen LogP contribution >= 0.6 is 11.6 Å². The summed E-state index contributed by atoms with van der Waals surface area (Å²) in [7, 11) is 0. The molecule has 0 radical (unpaired) electrons. The van der Waals surface area contributed by atoms with E-state index < -0.39 is 5.82 Å². The van der Waals surface area contributed by atoms with Gasteiger partial charge in [-0.05, 0) is 24.3 Å². The summed E-state index contributed by atoms with van der Waals surface area (Å²) in [6.07, 6.45) is 1.69. The Balaban J connectivity index is 2.06. The highest BCUT2D eigenvalue weighted by atomic mass is 35.5. The van der Waals surface area contributed by atoms with E-state index in [1.54, 1.807) is 12.1 Å². The van der Waals surface area contributed by atoms with E-state index in [2.05, 4.69) is 11.9 Å². The first kappa shape index (κ1) is 14.4. The molecule has 0 bridgehead atoms. The lowest BCUT2D eigenvalue weighted by Gasteiger charge is -2.12. The third kappa shape index (κ3) is 3.75. The minimum Gasteiger partial charge on any atom is -0.489 e. The van der Waals surface area contributed by atoms with Gasteiger partial charge in [-0.3, -0.25) is 0 Å². The average Bonchev–Trinajstić information content (AvgIpc) is 2.47. The van der Waals surface area contributed by atoms with E-state index in [1.807, 2.05) is 24.3 Å². The van der Waals surface area contributed by atoms with Crippen LogP contribution < -0.4 is 10.1 Å². The van der Waals surface area contributed by atoms with Crippen LogP contribution in [0.3, 0.4) is 0 Å². The van der Waals surface area contributed by atoms with Crippen LogP contribution in [0.4, 0.5) is 10.1 Å². The number of hydrogen-bond donors (Lipinski definition) is 1. The Kier molecular flexibility index (Phi) is 5.02. The molecule has 2 rings (SSSR count). The van der Waals surface area contributed by atoms with Gasteiger partial charge >= 0.3 is 0 Å². The van der Waals surface area contributed by atoms with Crippen molar-refractivity contribution in [1.29, 1.82) is 0 Å². The second-order valence-corrected chi connectivity index (χ2v) is 4.60. The summed E-state index contributed by atoms with van der Waals surface area (Å²) in [5, 5.41) is 3.26. The molecule has 0 heterocycles. The fraction of sp³-hybridized carbons (Fsp3) is 0.125. The van der Waals surface area contributed by atoms with Crippen LogP contribution in [0.2, 0.25) is 5.02 Å². The topological polar surface area (TPSA) is 21.3 Å². The molecular formula is C16H15ClFNO. The summed E-state index contributed by atoms with van der Waals surface area (Å²) < 4.78 is 18.9. The first-order valence-electron chi connectivity index (χ1n) is 6.21. The Morgan fingerprint density at radius 1 is 1.25 bits per heavy atom. The van der Waals surface area contributed by atoms with Gasteiger partial charge in [0.2, 0.25) is 0 Å². The molecule has 0 amide bonds. The third-order valence-corrected chi connectivity index (χ3v) is 3.04. The number of nitrogens with one attached hydrogen (secondary N) is 1. The van der Waals surface area contributed by atoms with Crippen LogP contribution in [-0.4, -0.2) is 6.61 Å². The highest BCUT2D eigenvalue weighted by molar-refractivity contribution is 6.30. The number of rotatable bonds is 6. The van der Waals surface area contributed by atoms with E-state index >= 15 is 0 Å². The van der Waals surface area contributed by atoms with Crippen molar-refractivity contribution in [2.24, 2.45) is 0 Å². The van der Waals surface area contributed by atoms with Gasteiger partial charge in [-0.2, -0.15) is 0 Å². The number of anilines is 1. The van der Waals surface area contributed by atoms with E-state index in [9.17, 15) is 4.39 Å². The highest BCUT2D eigenvalue weighted by Gasteiger charge is 2.04. The number of para-hydroxylation sites is 1. The van der Waals surface area contributed by atoms with Crippen molar-refractivity contribution in [1.82, 2.24) is 0 Å². The third-order valence-electron chi connectivity index (χ3n) is 2.73. The fourth-order valence-electron chi connectivity index (χ4n) is 1.74. The first-order chi connectivity index (χ1) is 9.70. The quantitative estimate of drug-likeness (QED) is 0.782. The van der Waals surface area contributed by atoms with Crippen molar-refractivity contribution < 1.29 is 9.13 Å². The number of ether oxygens (including phenoxy) is 1. The summed E-state index contributed by atoms with van der Waals surface area (Å²) in [5.74, 6) is 0.349. The van der Waals surface area contributed by atoms with Crippen LogP contribution in [0.15, 0.2) is 55.1 Å². The number of halogens is 2. The number of benzene rings is 2. The monoisotopic (exact) mass is 291 g/mol. The van der Waals surface area contributed by atoms with Crippen molar-refractivity contribution in [2.75, 3.05) is 11.9 Å². The number of hydrogen-bond acceptors (Lipinski definition) is 2. The summed E-state index contributed by atoms with van der Waals surface area (Å²) in [6.45, 7) is 4.61. The highest BCUT2D eigenvalue weighted by Crippen LogP contribution is 2.22. The van der Waals surface area contributed by atoms with Crippen molar-refractivity contribution in [3.05, 3.63) is 71.5 Å². The van der Waals surface area contributed by atoms with Crippen molar-refractivity contribution in [3.63, 3.8) is 0 Å². The zero-order chi connectivity index (χ0) is 14.4. The minimum atomic E-state index is -0.437. The molecule has 0 unspecified atom stereocenters. The lowest BCUT2D eigenvalue weighted by molar-refractivity contribution is 0.359. The zero-order valence-electron chi connectivity index (χ0n) is 10.9. The van der Waals surface area contributed by atoms with Gasteiger partial charge in [-0.1, -0.05) is 42.5 Å². The zero-order valence-corrected chi connectivity index (χ0v) is 11.7. The molecule has 0 saturated heterocycles. The standard InChI is InChI=1S/C16H15ClFNO/c1-2-9-20-16-6-4-3-5-12(16)11-19-13-7-8-14(17)15(18)10-13/h2-8,10,19H,1,9,11H2. The lowest BCUT2D eigenvalue weighted by atomic mass is 10.2. The van der Waals surface area contributed by atoms with Gasteiger partial charge < -0.3 is 10.1 Å². The van der Waals surface area contributed by atoms with Crippen molar-refractivity contribution in [3.8, 4) is 5.75 Å². The predicted octanol–water partition coefficient (Wildman–Crippen LogP) is 4.66. The summed E-state index contributed by atoms with van der Waals surface area (Å²) in [6, 6.07) is 12.3. The molecule has 0 atom stereocenters. The molecule has 2 aromatic carbocycles. The molecule has 2 nitrogen and oxygen atoms in total. The van der Waals surface area contributed by atoms with Crippen molar-refractivity contribution in [2.45, 2.75) is 6.54 Å². The summed E-state index contributed by atoms with van der Waals surface area (Å²) >= 11 is 5.65. The average molecular weight is 292 g/mol. The smallest absolute Gasteiger partial charge is 0.143 e. The van der Waals surface area contributed by atoms with Crippen LogP contribution in [-0.2, 0) is 6.54 Å².